The Kier molecular flexibility index (Phi) is 4.59. The van der Waals surface area contributed by atoms with E-state index in [-0.39, 0.29) is 5.91 Å². The summed E-state index contributed by atoms with van der Waals surface area (Å²) in [7, 11) is 1.61. The standard InChI is InChI=1S/C21H23N3O3/c1-27-16-7-8-17-14(11-16)12-18(23-17)20(26)24-21(9-10-22-13-19(21)25)15-5-3-2-4-6-15/h2-8,11-12,19,22-23,25H,9-10,13H2,1H3,(H,24,26)/t19-,21+/m1/s1. The fourth-order valence-electron chi connectivity index (χ4n) is 3.79. The lowest BCUT2D eigenvalue weighted by molar-refractivity contribution is 0.0288. The van der Waals surface area contributed by atoms with Gasteiger partial charge in [-0.3, -0.25) is 4.79 Å². The van der Waals surface area contributed by atoms with Crippen LogP contribution in [0, 0.1) is 0 Å². The van der Waals surface area contributed by atoms with Crippen LogP contribution in [0.1, 0.15) is 22.5 Å². The number of methoxy groups -OCH3 is 1. The van der Waals surface area contributed by atoms with Gasteiger partial charge in [0.25, 0.3) is 5.91 Å². The maximum atomic E-state index is 13.1. The molecule has 6 nitrogen and oxygen atoms in total. The van der Waals surface area contributed by atoms with Crippen LogP contribution in [-0.2, 0) is 5.54 Å². The molecule has 6 heteroatoms. The van der Waals surface area contributed by atoms with Gasteiger partial charge in [-0.15, -0.1) is 0 Å². The Labute approximate surface area is 157 Å². The lowest BCUT2D eigenvalue weighted by Gasteiger charge is -2.42. The number of carbonyl (C=O) groups excluding carboxylic acids is 1. The molecule has 140 valence electrons. The fourth-order valence-corrected chi connectivity index (χ4v) is 3.79. The largest absolute Gasteiger partial charge is 0.497 e. The topological polar surface area (TPSA) is 86.4 Å². The van der Waals surface area contributed by atoms with Crippen LogP contribution in [0.2, 0.25) is 0 Å². The van der Waals surface area contributed by atoms with Gasteiger partial charge in [0.05, 0.1) is 18.8 Å². The molecule has 0 aliphatic carbocycles. The Hall–Kier alpha value is -2.83. The van der Waals surface area contributed by atoms with Gasteiger partial charge in [-0.1, -0.05) is 30.3 Å². The Bertz CT molecular complexity index is 954. The van der Waals surface area contributed by atoms with E-state index in [0.717, 1.165) is 28.8 Å². The molecule has 0 unspecified atom stereocenters. The van der Waals surface area contributed by atoms with Crippen molar-refractivity contribution in [2.45, 2.75) is 18.1 Å². The van der Waals surface area contributed by atoms with Crippen LogP contribution in [0.3, 0.4) is 0 Å². The Morgan fingerprint density at radius 2 is 2.04 bits per heavy atom. The smallest absolute Gasteiger partial charge is 0.268 e. The normalized spacial score (nSPS) is 22.5. The van der Waals surface area contributed by atoms with Crippen LogP contribution >= 0.6 is 0 Å². The van der Waals surface area contributed by atoms with E-state index < -0.39 is 11.6 Å². The quantitative estimate of drug-likeness (QED) is 0.571. The summed E-state index contributed by atoms with van der Waals surface area (Å²) in [4.78, 5) is 16.2. The molecule has 2 atom stereocenters. The number of aromatic nitrogens is 1. The van der Waals surface area contributed by atoms with Crippen molar-refractivity contribution >= 4 is 16.8 Å². The van der Waals surface area contributed by atoms with Gasteiger partial charge in [0, 0.05) is 17.4 Å². The molecule has 0 spiro atoms. The molecule has 1 amide bonds. The molecule has 3 aromatic rings. The minimum absolute atomic E-state index is 0.241. The van der Waals surface area contributed by atoms with Gasteiger partial charge in [-0.05, 0) is 42.8 Å². The average molecular weight is 365 g/mol. The number of β-amino-alcohol motifs (C(OH)–C–C–N with tert-alkyl or cyclic N) is 1. The molecular weight excluding hydrogens is 342 g/mol. The predicted octanol–water partition coefficient (Wildman–Crippen LogP) is 2.16. The van der Waals surface area contributed by atoms with E-state index in [0.29, 0.717) is 18.7 Å². The second-order valence-corrected chi connectivity index (χ2v) is 6.90. The first-order chi connectivity index (χ1) is 13.1. The van der Waals surface area contributed by atoms with Crippen molar-refractivity contribution in [2.24, 2.45) is 0 Å². The summed E-state index contributed by atoms with van der Waals surface area (Å²) in [5.41, 5.74) is 1.41. The van der Waals surface area contributed by atoms with Gasteiger partial charge < -0.3 is 25.5 Å². The second kappa shape index (κ2) is 7.06. The Morgan fingerprint density at radius 1 is 1.22 bits per heavy atom. The molecule has 2 aromatic carbocycles. The molecule has 0 saturated carbocycles. The molecule has 4 rings (SSSR count). The predicted molar refractivity (Wildman–Crippen MR) is 104 cm³/mol. The van der Waals surface area contributed by atoms with Crippen molar-refractivity contribution in [3.63, 3.8) is 0 Å². The van der Waals surface area contributed by atoms with Gasteiger partial charge in [-0.25, -0.2) is 0 Å². The van der Waals surface area contributed by atoms with Crippen molar-refractivity contribution in [3.05, 3.63) is 65.9 Å². The van der Waals surface area contributed by atoms with Gasteiger partial charge in [-0.2, -0.15) is 0 Å². The third kappa shape index (κ3) is 3.18. The number of aromatic amines is 1. The third-order valence-corrected chi connectivity index (χ3v) is 5.30. The number of H-pyrrole nitrogens is 1. The number of ether oxygens (including phenoxy) is 1. The van der Waals surface area contributed by atoms with Crippen molar-refractivity contribution in [1.82, 2.24) is 15.6 Å². The zero-order valence-corrected chi connectivity index (χ0v) is 15.2. The number of hydrogen-bond donors (Lipinski definition) is 4. The first-order valence-corrected chi connectivity index (χ1v) is 9.06. The number of carbonyl (C=O) groups is 1. The summed E-state index contributed by atoms with van der Waals surface area (Å²) < 4.78 is 5.25. The molecule has 27 heavy (non-hydrogen) atoms. The van der Waals surface area contributed by atoms with Crippen molar-refractivity contribution in [3.8, 4) is 5.75 Å². The third-order valence-electron chi connectivity index (χ3n) is 5.30. The molecule has 1 fully saturated rings. The minimum atomic E-state index is -0.821. The molecule has 1 saturated heterocycles. The fraction of sp³-hybridized carbons (Fsp3) is 0.286. The Morgan fingerprint density at radius 3 is 2.78 bits per heavy atom. The van der Waals surface area contributed by atoms with E-state index in [1.165, 1.54) is 0 Å². The summed E-state index contributed by atoms with van der Waals surface area (Å²) in [6.07, 6.45) is -0.111. The van der Waals surface area contributed by atoms with Crippen LogP contribution in [-0.4, -0.2) is 42.3 Å². The van der Waals surface area contributed by atoms with E-state index in [1.807, 2.05) is 48.5 Å². The van der Waals surface area contributed by atoms with Crippen LogP contribution in [0.5, 0.6) is 5.75 Å². The summed E-state index contributed by atoms with van der Waals surface area (Å²) in [6, 6.07) is 17.1. The lowest BCUT2D eigenvalue weighted by Crippen LogP contribution is -2.61. The van der Waals surface area contributed by atoms with E-state index in [2.05, 4.69) is 15.6 Å². The van der Waals surface area contributed by atoms with Crippen LogP contribution in [0.15, 0.2) is 54.6 Å². The van der Waals surface area contributed by atoms with E-state index in [4.69, 9.17) is 4.74 Å². The monoisotopic (exact) mass is 365 g/mol. The van der Waals surface area contributed by atoms with E-state index in [1.54, 1.807) is 13.2 Å². The van der Waals surface area contributed by atoms with Gasteiger partial charge in [0.1, 0.15) is 11.4 Å². The number of piperidine rings is 1. The zero-order valence-electron chi connectivity index (χ0n) is 15.2. The highest BCUT2D eigenvalue weighted by atomic mass is 16.5. The maximum Gasteiger partial charge on any atom is 0.268 e. The van der Waals surface area contributed by atoms with E-state index >= 15 is 0 Å². The number of amides is 1. The van der Waals surface area contributed by atoms with Gasteiger partial charge in [0.15, 0.2) is 0 Å². The highest BCUT2D eigenvalue weighted by Gasteiger charge is 2.43. The lowest BCUT2D eigenvalue weighted by atomic mass is 9.79. The molecule has 1 aliphatic heterocycles. The van der Waals surface area contributed by atoms with Crippen molar-refractivity contribution in [1.29, 1.82) is 0 Å². The van der Waals surface area contributed by atoms with Crippen LogP contribution < -0.4 is 15.4 Å². The zero-order chi connectivity index (χ0) is 18.9. The molecule has 2 heterocycles. The van der Waals surface area contributed by atoms with Gasteiger partial charge >= 0.3 is 0 Å². The second-order valence-electron chi connectivity index (χ2n) is 6.90. The van der Waals surface area contributed by atoms with Crippen molar-refractivity contribution in [2.75, 3.05) is 20.2 Å². The summed E-state index contributed by atoms with van der Waals surface area (Å²) >= 11 is 0. The summed E-state index contributed by atoms with van der Waals surface area (Å²) in [5, 5.41) is 18.0. The number of aliphatic hydroxyl groups excluding tert-OH is 1. The number of rotatable bonds is 4. The van der Waals surface area contributed by atoms with Crippen LogP contribution in [0.25, 0.3) is 10.9 Å². The molecular formula is C21H23N3O3. The number of benzene rings is 2. The molecule has 1 aliphatic rings. The van der Waals surface area contributed by atoms with Crippen molar-refractivity contribution < 1.29 is 14.6 Å². The van der Waals surface area contributed by atoms with Gasteiger partial charge in [0.2, 0.25) is 0 Å². The number of fused-ring (bicyclic) bond motifs is 1. The summed E-state index contributed by atoms with van der Waals surface area (Å²) in [5.74, 6) is 0.498. The number of nitrogens with one attached hydrogen (secondary N) is 3. The molecule has 4 N–H and O–H groups in total. The Balaban J connectivity index is 1.68. The number of hydrogen-bond acceptors (Lipinski definition) is 4. The molecule has 1 aromatic heterocycles. The SMILES string of the molecule is COc1ccc2[nH]c(C(=O)N[C@]3(c4ccccc4)CCNC[C@H]3O)cc2c1. The summed E-state index contributed by atoms with van der Waals surface area (Å²) in [6.45, 7) is 1.15. The first-order valence-electron chi connectivity index (χ1n) is 9.06. The van der Waals surface area contributed by atoms with Crippen LogP contribution in [0.4, 0.5) is 0 Å². The maximum absolute atomic E-state index is 13.1. The first kappa shape index (κ1) is 17.6. The van der Waals surface area contributed by atoms with E-state index in [9.17, 15) is 9.90 Å². The highest BCUT2D eigenvalue weighted by molar-refractivity contribution is 5.98. The number of aliphatic hydroxyl groups is 1. The molecule has 0 bridgehead atoms. The molecule has 0 radical (unpaired) electrons. The average Bonchev–Trinajstić information content (AvgIpc) is 3.14. The highest BCUT2D eigenvalue weighted by Crippen LogP contribution is 2.32. The minimum Gasteiger partial charge on any atom is -0.497 e.